The minimum absolute atomic E-state index is 0.0924. The van der Waals surface area contributed by atoms with Crippen molar-refractivity contribution in [1.82, 2.24) is 4.90 Å². The van der Waals surface area contributed by atoms with Gasteiger partial charge in [-0.15, -0.1) is 0 Å². The molecule has 0 bridgehead atoms. The summed E-state index contributed by atoms with van der Waals surface area (Å²) in [6, 6.07) is 21.7. The first-order valence-electron chi connectivity index (χ1n) is 9.23. The molecular weight excluding hydrogens is 290 g/mol. The van der Waals surface area contributed by atoms with Crippen LogP contribution in [0.3, 0.4) is 0 Å². The second-order valence-electron chi connectivity index (χ2n) is 7.09. The Hall–Kier alpha value is -1.86. The minimum atomic E-state index is 0.0924. The van der Waals surface area contributed by atoms with Gasteiger partial charge in [-0.05, 0) is 49.8 Å². The van der Waals surface area contributed by atoms with Gasteiger partial charge in [-0.3, -0.25) is 4.90 Å². The lowest BCUT2D eigenvalue weighted by molar-refractivity contribution is 0.108. The summed E-state index contributed by atoms with van der Waals surface area (Å²) in [5.41, 5.74) is 2.81. The molecule has 126 valence electrons. The molecule has 0 saturated heterocycles. The molecule has 24 heavy (non-hydrogen) atoms. The monoisotopic (exact) mass is 319 g/mol. The average Bonchev–Trinajstić information content (AvgIpc) is 3.44. The van der Waals surface area contributed by atoms with E-state index in [1.807, 2.05) is 0 Å². The highest BCUT2D eigenvalue weighted by molar-refractivity contribution is 5.49. The fraction of sp³-hybridized carbons (Fsp3) is 0.391. The first-order valence-corrected chi connectivity index (χ1v) is 9.23. The van der Waals surface area contributed by atoms with E-state index in [0.29, 0.717) is 0 Å². The summed E-state index contributed by atoms with van der Waals surface area (Å²) < 4.78 is 0. The van der Waals surface area contributed by atoms with Crippen molar-refractivity contribution in [3.05, 3.63) is 77.9 Å². The molecule has 1 aliphatic rings. The summed E-state index contributed by atoms with van der Waals surface area (Å²) in [5.74, 6) is 0.905. The Morgan fingerprint density at radius 3 is 2.21 bits per heavy atom. The normalized spacial score (nSPS) is 17.3. The van der Waals surface area contributed by atoms with E-state index in [2.05, 4.69) is 91.7 Å². The van der Waals surface area contributed by atoms with Crippen LogP contribution in [0.25, 0.3) is 6.08 Å². The van der Waals surface area contributed by atoms with E-state index >= 15 is 0 Å². The van der Waals surface area contributed by atoms with Gasteiger partial charge in [0.1, 0.15) is 0 Å². The van der Waals surface area contributed by atoms with Crippen LogP contribution in [-0.2, 0) is 5.54 Å². The zero-order chi connectivity index (χ0) is 16.8. The second kappa shape index (κ2) is 7.81. The number of rotatable bonds is 8. The Labute approximate surface area is 147 Å². The van der Waals surface area contributed by atoms with Crippen LogP contribution in [0.5, 0.6) is 0 Å². The standard InChI is InChI=1S/C23H29N/c1-3-23(22-14-8-5-9-15-22,24(2)19-21-16-17-21)18-10-13-20-11-6-4-7-12-20/h4-15,21H,3,16-19H2,1-2H3/b13-10-. The van der Waals surface area contributed by atoms with Gasteiger partial charge >= 0.3 is 0 Å². The Kier molecular flexibility index (Phi) is 5.52. The molecule has 1 nitrogen and oxygen atoms in total. The summed E-state index contributed by atoms with van der Waals surface area (Å²) in [6.07, 6.45) is 9.59. The largest absolute Gasteiger partial charge is 0.296 e. The Morgan fingerprint density at radius 2 is 1.62 bits per heavy atom. The van der Waals surface area contributed by atoms with E-state index in [4.69, 9.17) is 0 Å². The lowest BCUT2D eigenvalue weighted by atomic mass is 9.82. The fourth-order valence-corrected chi connectivity index (χ4v) is 3.68. The third kappa shape index (κ3) is 3.96. The summed E-state index contributed by atoms with van der Waals surface area (Å²) >= 11 is 0. The summed E-state index contributed by atoms with van der Waals surface area (Å²) in [4.78, 5) is 2.61. The van der Waals surface area contributed by atoms with Crippen LogP contribution in [0.1, 0.15) is 43.7 Å². The van der Waals surface area contributed by atoms with Gasteiger partial charge in [-0.2, -0.15) is 0 Å². The highest BCUT2D eigenvalue weighted by atomic mass is 15.2. The van der Waals surface area contributed by atoms with Crippen LogP contribution in [0, 0.1) is 5.92 Å². The molecule has 1 aliphatic carbocycles. The molecule has 0 N–H and O–H groups in total. The molecular formula is C23H29N. The molecule has 0 amide bonds. The highest BCUT2D eigenvalue weighted by Gasteiger charge is 2.36. The second-order valence-corrected chi connectivity index (χ2v) is 7.09. The molecule has 1 saturated carbocycles. The summed E-state index contributed by atoms with van der Waals surface area (Å²) in [7, 11) is 2.31. The smallest absolute Gasteiger partial charge is 0.0489 e. The van der Waals surface area contributed by atoms with Crippen molar-refractivity contribution in [2.24, 2.45) is 5.92 Å². The van der Waals surface area contributed by atoms with Gasteiger partial charge in [0, 0.05) is 12.1 Å². The molecule has 0 aliphatic heterocycles. The third-order valence-corrected chi connectivity index (χ3v) is 5.42. The minimum Gasteiger partial charge on any atom is -0.296 e. The van der Waals surface area contributed by atoms with Gasteiger partial charge in [-0.25, -0.2) is 0 Å². The average molecular weight is 319 g/mol. The Bertz CT molecular complexity index is 642. The van der Waals surface area contributed by atoms with E-state index in [9.17, 15) is 0 Å². The number of hydrogen-bond acceptors (Lipinski definition) is 1. The molecule has 2 aromatic carbocycles. The molecule has 0 spiro atoms. The van der Waals surface area contributed by atoms with E-state index in [-0.39, 0.29) is 5.54 Å². The topological polar surface area (TPSA) is 3.24 Å². The Balaban J connectivity index is 1.84. The third-order valence-electron chi connectivity index (χ3n) is 5.42. The van der Waals surface area contributed by atoms with Crippen LogP contribution in [0.4, 0.5) is 0 Å². The van der Waals surface area contributed by atoms with Crippen LogP contribution in [0.2, 0.25) is 0 Å². The predicted octanol–water partition coefficient (Wildman–Crippen LogP) is 5.74. The first kappa shape index (κ1) is 17.0. The first-order chi connectivity index (χ1) is 11.7. The van der Waals surface area contributed by atoms with E-state index in [1.165, 1.54) is 30.5 Å². The summed E-state index contributed by atoms with van der Waals surface area (Å²) in [5, 5.41) is 0. The van der Waals surface area contributed by atoms with Crippen LogP contribution in [-0.4, -0.2) is 18.5 Å². The molecule has 1 heteroatoms. The van der Waals surface area contributed by atoms with E-state index in [1.54, 1.807) is 0 Å². The SMILES string of the molecule is CCC(C/C=C\c1ccccc1)(c1ccccc1)N(C)CC1CC1. The maximum atomic E-state index is 2.61. The molecule has 2 aromatic rings. The number of hydrogen-bond donors (Lipinski definition) is 0. The van der Waals surface area contributed by atoms with Gasteiger partial charge in [-0.1, -0.05) is 79.7 Å². The molecule has 3 rings (SSSR count). The zero-order valence-corrected chi connectivity index (χ0v) is 15.0. The maximum absolute atomic E-state index is 2.61. The van der Waals surface area contributed by atoms with Crippen molar-refractivity contribution in [3.8, 4) is 0 Å². The quantitative estimate of drug-likeness (QED) is 0.600. The predicted molar refractivity (Wildman–Crippen MR) is 104 cm³/mol. The van der Waals surface area contributed by atoms with Crippen molar-refractivity contribution in [3.63, 3.8) is 0 Å². The van der Waals surface area contributed by atoms with Gasteiger partial charge in [0.2, 0.25) is 0 Å². The number of nitrogens with zero attached hydrogens (tertiary/aromatic N) is 1. The van der Waals surface area contributed by atoms with Crippen molar-refractivity contribution in [2.45, 2.75) is 38.1 Å². The molecule has 0 heterocycles. The van der Waals surface area contributed by atoms with E-state index in [0.717, 1.165) is 18.8 Å². The van der Waals surface area contributed by atoms with Crippen LogP contribution >= 0.6 is 0 Å². The highest BCUT2D eigenvalue weighted by Crippen LogP contribution is 2.39. The van der Waals surface area contributed by atoms with E-state index < -0.39 is 0 Å². The maximum Gasteiger partial charge on any atom is 0.0489 e. The molecule has 1 unspecified atom stereocenters. The molecule has 0 aromatic heterocycles. The lowest BCUT2D eigenvalue weighted by Crippen LogP contribution is -2.44. The molecule has 1 atom stereocenters. The van der Waals surface area contributed by atoms with Crippen molar-refractivity contribution < 1.29 is 0 Å². The zero-order valence-electron chi connectivity index (χ0n) is 15.0. The van der Waals surface area contributed by atoms with Gasteiger partial charge in [0.25, 0.3) is 0 Å². The van der Waals surface area contributed by atoms with Gasteiger partial charge in [0.05, 0.1) is 0 Å². The van der Waals surface area contributed by atoms with Gasteiger partial charge < -0.3 is 0 Å². The summed E-state index contributed by atoms with van der Waals surface area (Å²) in [6.45, 7) is 3.54. The fourth-order valence-electron chi connectivity index (χ4n) is 3.68. The lowest BCUT2D eigenvalue weighted by Gasteiger charge is -2.42. The van der Waals surface area contributed by atoms with Crippen LogP contribution < -0.4 is 0 Å². The molecule has 0 radical (unpaired) electrons. The van der Waals surface area contributed by atoms with Crippen molar-refractivity contribution in [1.29, 1.82) is 0 Å². The number of benzene rings is 2. The van der Waals surface area contributed by atoms with Crippen LogP contribution in [0.15, 0.2) is 66.7 Å². The van der Waals surface area contributed by atoms with Crippen molar-refractivity contribution >= 4 is 6.08 Å². The van der Waals surface area contributed by atoms with Crippen molar-refractivity contribution in [2.75, 3.05) is 13.6 Å². The molecule has 1 fully saturated rings. The Morgan fingerprint density at radius 1 is 1.00 bits per heavy atom. The van der Waals surface area contributed by atoms with Gasteiger partial charge in [0.15, 0.2) is 0 Å².